The average molecular weight is 232 g/mol. The summed E-state index contributed by atoms with van der Waals surface area (Å²) in [4.78, 5) is 11.3. The number of hydrogen-bond acceptors (Lipinski definition) is 1. The van der Waals surface area contributed by atoms with Crippen LogP contribution in [0.4, 0.5) is 17.6 Å². The molecule has 0 saturated carbocycles. The second-order valence-corrected chi connectivity index (χ2v) is 3.30. The van der Waals surface area contributed by atoms with Gasteiger partial charge in [0.15, 0.2) is 5.78 Å². The van der Waals surface area contributed by atoms with Gasteiger partial charge in [-0.3, -0.25) is 4.79 Å². The quantitative estimate of drug-likeness (QED) is 0.432. The van der Waals surface area contributed by atoms with Crippen molar-refractivity contribution in [1.82, 2.24) is 0 Å². The second kappa shape index (κ2) is 4.08. The minimum atomic E-state index is -4.76. The van der Waals surface area contributed by atoms with E-state index >= 15 is 0 Å². The number of benzene rings is 1. The molecule has 86 valence electrons. The first-order chi connectivity index (χ1) is 7.23. The summed E-state index contributed by atoms with van der Waals surface area (Å²) in [5, 5.41) is 0. The van der Waals surface area contributed by atoms with Crippen molar-refractivity contribution in [3.8, 4) is 0 Å². The Labute approximate surface area is 89.4 Å². The lowest BCUT2D eigenvalue weighted by molar-refractivity contribution is -0.140. The summed E-state index contributed by atoms with van der Waals surface area (Å²) in [6, 6.07) is 2.05. The Bertz CT molecular complexity index is 446. The second-order valence-electron chi connectivity index (χ2n) is 3.30. The van der Waals surface area contributed by atoms with Gasteiger partial charge in [0, 0.05) is 5.56 Å². The van der Waals surface area contributed by atoms with Crippen LogP contribution in [0.2, 0.25) is 0 Å². The van der Waals surface area contributed by atoms with E-state index in [1.165, 1.54) is 6.92 Å². The van der Waals surface area contributed by atoms with E-state index in [0.717, 1.165) is 6.07 Å². The van der Waals surface area contributed by atoms with Gasteiger partial charge in [-0.15, -0.1) is 0 Å². The van der Waals surface area contributed by atoms with Crippen molar-refractivity contribution < 1.29 is 22.4 Å². The van der Waals surface area contributed by atoms with E-state index in [0.29, 0.717) is 12.1 Å². The lowest BCUT2D eigenvalue weighted by Crippen LogP contribution is -2.09. The highest BCUT2D eigenvalue weighted by Gasteiger charge is 2.34. The van der Waals surface area contributed by atoms with Gasteiger partial charge in [0.25, 0.3) is 0 Å². The smallest absolute Gasteiger partial charge is 0.289 e. The fourth-order valence-electron chi connectivity index (χ4n) is 1.13. The summed E-state index contributed by atoms with van der Waals surface area (Å²) in [5.41, 5.74) is -1.39. The van der Waals surface area contributed by atoms with Crippen LogP contribution in [0.5, 0.6) is 0 Å². The third-order valence-corrected chi connectivity index (χ3v) is 1.92. The Morgan fingerprint density at radius 1 is 1.31 bits per heavy atom. The molecule has 1 aromatic rings. The Morgan fingerprint density at radius 3 is 2.25 bits per heavy atom. The molecule has 1 aromatic carbocycles. The molecule has 0 atom stereocenters. The van der Waals surface area contributed by atoms with Gasteiger partial charge >= 0.3 is 6.18 Å². The Hall–Kier alpha value is -1.65. The first-order valence-corrected chi connectivity index (χ1v) is 4.30. The molecule has 0 heterocycles. The monoisotopic (exact) mass is 232 g/mol. The topological polar surface area (TPSA) is 17.1 Å². The molecule has 0 radical (unpaired) electrons. The Kier molecular flexibility index (Phi) is 3.16. The molecular weight excluding hydrogens is 224 g/mol. The van der Waals surface area contributed by atoms with Crippen LogP contribution in [0.25, 0.3) is 0 Å². The van der Waals surface area contributed by atoms with E-state index in [-0.39, 0.29) is 11.1 Å². The third-order valence-electron chi connectivity index (χ3n) is 1.92. The van der Waals surface area contributed by atoms with Crippen molar-refractivity contribution in [2.45, 2.75) is 13.1 Å². The van der Waals surface area contributed by atoms with Crippen molar-refractivity contribution in [3.63, 3.8) is 0 Å². The number of hydrogen-bond donors (Lipinski definition) is 0. The van der Waals surface area contributed by atoms with Crippen molar-refractivity contribution in [2.75, 3.05) is 0 Å². The number of carbonyl (C=O) groups excluding carboxylic acids is 1. The zero-order valence-corrected chi connectivity index (χ0v) is 8.36. The average Bonchev–Trinajstić information content (AvgIpc) is 2.14. The number of halogens is 4. The number of allylic oxidation sites excluding steroid dienone is 1. The van der Waals surface area contributed by atoms with Gasteiger partial charge in [-0.05, 0) is 24.6 Å². The predicted octanol–water partition coefficient (Wildman–Crippen LogP) is 3.60. The van der Waals surface area contributed by atoms with Crippen molar-refractivity contribution >= 4 is 5.78 Å². The highest BCUT2D eigenvalue weighted by atomic mass is 19.4. The maximum Gasteiger partial charge on any atom is 0.419 e. The molecule has 0 fully saturated rings. The van der Waals surface area contributed by atoms with Crippen LogP contribution in [0, 0.1) is 5.82 Å². The van der Waals surface area contributed by atoms with E-state index < -0.39 is 23.3 Å². The van der Waals surface area contributed by atoms with Crippen LogP contribution in [-0.2, 0) is 6.18 Å². The predicted molar refractivity (Wildman–Crippen MR) is 50.5 cm³/mol. The molecule has 0 amide bonds. The maximum absolute atomic E-state index is 13.1. The number of carbonyl (C=O) groups is 1. The first-order valence-electron chi connectivity index (χ1n) is 4.30. The van der Waals surface area contributed by atoms with Crippen molar-refractivity contribution in [3.05, 3.63) is 47.3 Å². The van der Waals surface area contributed by atoms with Gasteiger partial charge in [0.2, 0.25) is 0 Å². The summed E-state index contributed by atoms with van der Waals surface area (Å²) in [5.74, 6) is -2.03. The number of Topliss-reactive ketones (excluding diaryl/α,β-unsaturated/α-hetero) is 1. The maximum atomic E-state index is 13.1. The minimum absolute atomic E-state index is 0.138. The van der Waals surface area contributed by atoms with E-state index in [9.17, 15) is 22.4 Å². The van der Waals surface area contributed by atoms with Crippen LogP contribution in [0.1, 0.15) is 22.8 Å². The number of ketones is 1. The SMILES string of the molecule is C=C(C)C(=O)c1ccc(C(F)(F)F)c(F)c1. The molecule has 16 heavy (non-hydrogen) atoms. The van der Waals surface area contributed by atoms with Crippen LogP contribution in [0.3, 0.4) is 0 Å². The van der Waals surface area contributed by atoms with E-state index in [1.54, 1.807) is 0 Å². The lowest BCUT2D eigenvalue weighted by atomic mass is 10.0. The Balaban J connectivity index is 3.19. The molecule has 0 N–H and O–H groups in total. The summed E-state index contributed by atoms with van der Waals surface area (Å²) >= 11 is 0. The molecule has 0 aliphatic heterocycles. The highest BCUT2D eigenvalue weighted by molar-refractivity contribution is 6.07. The highest BCUT2D eigenvalue weighted by Crippen LogP contribution is 2.31. The summed E-state index contributed by atoms with van der Waals surface area (Å²) in [6.45, 7) is 4.74. The zero-order valence-electron chi connectivity index (χ0n) is 8.36. The number of rotatable bonds is 2. The van der Waals surface area contributed by atoms with Gasteiger partial charge in [-0.25, -0.2) is 4.39 Å². The standard InChI is InChI=1S/C11H8F4O/c1-6(2)10(16)7-3-4-8(9(12)5-7)11(13,14)15/h3-5H,1H2,2H3. The first kappa shape index (κ1) is 12.4. The molecule has 0 aliphatic carbocycles. The molecule has 1 rings (SSSR count). The molecule has 0 saturated heterocycles. The van der Waals surface area contributed by atoms with Gasteiger partial charge in [-0.1, -0.05) is 12.6 Å². The molecule has 1 nitrogen and oxygen atoms in total. The molecule has 0 aromatic heterocycles. The van der Waals surface area contributed by atoms with Crippen LogP contribution < -0.4 is 0 Å². The van der Waals surface area contributed by atoms with Crippen LogP contribution in [0.15, 0.2) is 30.4 Å². The van der Waals surface area contributed by atoms with Gasteiger partial charge < -0.3 is 0 Å². The van der Waals surface area contributed by atoms with Crippen LogP contribution in [-0.4, -0.2) is 5.78 Å². The fraction of sp³-hybridized carbons (Fsp3) is 0.182. The Morgan fingerprint density at radius 2 is 1.88 bits per heavy atom. The fourth-order valence-corrected chi connectivity index (χ4v) is 1.13. The minimum Gasteiger partial charge on any atom is -0.289 e. The largest absolute Gasteiger partial charge is 0.419 e. The van der Waals surface area contributed by atoms with Gasteiger partial charge in [0.1, 0.15) is 5.82 Å². The van der Waals surface area contributed by atoms with Crippen molar-refractivity contribution in [1.29, 1.82) is 0 Å². The molecule has 0 spiro atoms. The van der Waals surface area contributed by atoms with Gasteiger partial charge in [-0.2, -0.15) is 13.2 Å². The lowest BCUT2D eigenvalue weighted by Gasteiger charge is -2.08. The summed E-state index contributed by atoms with van der Waals surface area (Å²) in [7, 11) is 0. The zero-order chi connectivity index (χ0) is 12.5. The van der Waals surface area contributed by atoms with Gasteiger partial charge in [0.05, 0.1) is 5.56 Å². The van der Waals surface area contributed by atoms with E-state index in [2.05, 4.69) is 6.58 Å². The summed E-state index contributed by atoms with van der Waals surface area (Å²) < 4.78 is 49.7. The third kappa shape index (κ3) is 2.48. The molecule has 5 heteroatoms. The molecule has 0 aliphatic rings. The number of alkyl halides is 3. The van der Waals surface area contributed by atoms with E-state index in [1.807, 2.05) is 0 Å². The van der Waals surface area contributed by atoms with Crippen molar-refractivity contribution in [2.24, 2.45) is 0 Å². The normalized spacial score (nSPS) is 11.3. The summed E-state index contributed by atoms with van der Waals surface area (Å²) in [6.07, 6.45) is -4.76. The van der Waals surface area contributed by atoms with E-state index in [4.69, 9.17) is 0 Å². The molecule has 0 unspecified atom stereocenters. The van der Waals surface area contributed by atoms with Crippen LogP contribution >= 0.6 is 0 Å². The molecular formula is C11H8F4O. The molecule has 0 bridgehead atoms.